The Labute approximate surface area is 148 Å². The van der Waals surface area contributed by atoms with Crippen LogP contribution < -0.4 is 10.6 Å². The number of carbonyl (C=O) groups is 2. The molecular formula is C18H27ClN2O3. The first-order valence-corrected chi connectivity index (χ1v) is 8.98. The fourth-order valence-corrected chi connectivity index (χ4v) is 2.50. The summed E-state index contributed by atoms with van der Waals surface area (Å²) in [5.41, 5.74) is 0.722. The predicted molar refractivity (Wildman–Crippen MR) is 97.7 cm³/mol. The second-order valence-electron chi connectivity index (χ2n) is 5.86. The van der Waals surface area contributed by atoms with E-state index >= 15 is 0 Å². The van der Waals surface area contributed by atoms with Crippen LogP contribution in [0.5, 0.6) is 0 Å². The van der Waals surface area contributed by atoms with Crippen LogP contribution in [0.3, 0.4) is 0 Å². The molecule has 1 aromatic rings. The number of carboxylic acid groups (broad SMARTS) is 1. The van der Waals surface area contributed by atoms with Gasteiger partial charge in [-0.05, 0) is 37.1 Å². The molecule has 0 aliphatic rings. The number of carboxylic acids is 1. The molecule has 0 aliphatic heterocycles. The average Bonchev–Trinajstić information content (AvgIpc) is 2.54. The summed E-state index contributed by atoms with van der Waals surface area (Å²) in [6.45, 7) is 0.665. The quantitative estimate of drug-likeness (QED) is 0.459. The van der Waals surface area contributed by atoms with Crippen molar-refractivity contribution >= 4 is 29.3 Å². The highest BCUT2D eigenvalue weighted by molar-refractivity contribution is 6.30. The lowest BCUT2D eigenvalue weighted by Gasteiger charge is -2.07. The number of aliphatic carboxylic acids is 1. The minimum absolute atomic E-state index is 0.198. The number of anilines is 1. The maximum Gasteiger partial charge on any atom is 0.319 e. The molecule has 0 heterocycles. The van der Waals surface area contributed by atoms with Gasteiger partial charge in [0.05, 0.1) is 0 Å². The van der Waals surface area contributed by atoms with Crippen LogP contribution >= 0.6 is 11.6 Å². The molecule has 0 radical (unpaired) electrons. The molecule has 0 saturated carbocycles. The van der Waals surface area contributed by atoms with E-state index in [9.17, 15) is 9.59 Å². The molecule has 0 unspecified atom stereocenters. The first-order valence-electron chi connectivity index (χ1n) is 8.60. The zero-order chi connectivity index (χ0) is 17.6. The summed E-state index contributed by atoms with van der Waals surface area (Å²) in [4.78, 5) is 22.0. The number of rotatable bonds is 12. The van der Waals surface area contributed by atoms with Crippen LogP contribution in [0.25, 0.3) is 0 Å². The van der Waals surface area contributed by atoms with E-state index in [4.69, 9.17) is 16.7 Å². The Morgan fingerprint density at radius 3 is 2.00 bits per heavy atom. The predicted octanol–water partition coefficient (Wildman–Crippen LogP) is 5.06. The Morgan fingerprint density at radius 1 is 0.875 bits per heavy atom. The molecule has 0 saturated heterocycles. The Morgan fingerprint density at radius 2 is 1.42 bits per heavy atom. The van der Waals surface area contributed by atoms with Crippen molar-refractivity contribution in [1.29, 1.82) is 0 Å². The number of benzene rings is 1. The Kier molecular flexibility index (Phi) is 10.7. The minimum atomic E-state index is -0.706. The molecule has 24 heavy (non-hydrogen) atoms. The molecule has 0 aliphatic carbocycles. The van der Waals surface area contributed by atoms with Crippen molar-refractivity contribution in [2.45, 2.75) is 57.8 Å². The van der Waals surface area contributed by atoms with E-state index in [-0.39, 0.29) is 12.5 Å². The highest BCUT2D eigenvalue weighted by Crippen LogP contribution is 2.13. The van der Waals surface area contributed by atoms with Gasteiger partial charge in [-0.1, -0.05) is 50.1 Å². The van der Waals surface area contributed by atoms with Gasteiger partial charge < -0.3 is 15.7 Å². The number of urea groups is 1. The molecule has 0 bridgehead atoms. The average molecular weight is 355 g/mol. The van der Waals surface area contributed by atoms with Gasteiger partial charge in [-0.15, -0.1) is 0 Å². The first kappa shape index (κ1) is 20.3. The summed E-state index contributed by atoms with van der Waals surface area (Å²) >= 11 is 5.79. The van der Waals surface area contributed by atoms with Crippen molar-refractivity contribution in [2.24, 2.45) is 0 Å². The van der Waals surface area contributed by atoms with Gasteiger partial charge >= 0.3 is 12.0 Å². The highest BCUT2D eigenvalue weighted by Gasteiger charge is 2.01. The van der Waals surface area contributed by atoms with E-state index < -0.39 is 5.97 Å². The van der Waals surface area contributed by atoms with E-state index in [1.807, 2.05) is 0 Å². The van der Waals surface area contributed by atoms with Crippen LogP contribution in [0.2, 0.25) is 5.02 Å². The number of halogens is 1. The van der Waals surface area contributed by atoms with Crippen LogP contribution in [0.15, 0.2) is 24.3 Å². The maximum absolute atomic E-state index is 11.7. The number of unbranched alkanes of at least 4 members (excludes halogenated alkanes) is 7. The number of nitrogens with one attached hydrogen (secondary N) is 2. The molecule has 134 valence electrons. The Bertz CT molecular complexity index is 492. The van der Waals surface area contributed by atoms with Crippen molar-refractivity contribution in [3.63, 3.8) is 0 Å². The Hall–Kier alpha value is -1.75. The van der Waals surface area contributed by atoms with Gasteiger partial charge in [-0.2, -0.15) is 0 Å². The third-order valence-electron chi connectivity index (χ3n) is 3.71. The van der Waals surface area contributed by atoms with Crippen molar-refractivity contribution in [1.82, 2.24) is 5.32 Å². The van der Waals surface area contributed by atoms with Gasteiger partial charge in [0.25, 0.3) is 0 Å². The zero-order valence-corrected chi connectivity index (χ0v) is 14.8. The molecular weight excluding hydrogens is 328 g/mol. The van der Waals surface area contributed by atoms with Crippen LogP contribution in [-0.2, 0) is 4.79 Å². The SMILES string of the molecule is O=C(O)CCCCCCCCCCNC(=O)Nc1ccc(Cl)cc1. The van der Waals surface area contributed by atoms with E-state index in [0.717, 1.165) is 50.6 Å². The summed E-state index contributed by atoms with van der Waals surface area (Å²) in [7, 11) is 0. The smallest absolute Gasteiger partial charge is 0.319 e. The molecule has 1 aromatic carbocycles. The van der Waals surface area contributed by atoms with Gasteiger partial charge in [0.1, 0.15) is 0 Å². The van der Waals surface area contributed by atoms with Crippen molar-refractivity contribution < 1.29 is 14.7 Å². The second-order valence-corrected chi connectivity index (χ2v) is 6.30. The number of hydrogen-bond acceptors (Lipinski definition) is 2. The van der Waals surface area contributed by atoms with Gasteiger partial charge in [-0.3, -0.25) is 4.79 Å². The Balaban J connectivity index is 1.90. The number of carbonyl (C=O) groups excluding carboxylic acids is 1. The lowest BCUT2D eigenvalue weighted by atomic mass is 10.1. The maximum atomic E-state index is 11.7. The summed E-state index contributed by atoms with van der Waals surface area (Å²) in [5.74, 6) is -0.706. The fraction of sp³-hybridized carbons (Fsp3) is 0.556. The van der Waals surface area contributed by atoms with Crippen molar-refractivity contribution in [2.75, 3.05) is 11.9 Å². The van der Waals surface area contributed by atoms with E-state index in [1.54, 1.807) is 24.3 Å². The summed E-state index contributed by atoms with van der Waals surface area (Å²) in [5, 5.41) is 14.8. The standard InChI is InChI=1S/C18H27ClN2O3/c19-15-10-12-16(13-11-15)21-18(24)20-14-8-6-4-2-1-3-5-7-9-17(22)23/h10-13H,1-9,14H2,(H,22,23)(H2,20,21,24). The van der Waals surface area contributed by atoms with Gasteiger partial charge in [0, 0.05) is 23.7 Å². The lowest BCUT2D eigenvalue weighted by molar-refractivity contribution is -0.137. The molecule has 3 N–H and O–H groups in total. The zero-order valence-electron chi connectivity index (χ0n) is 14.0. The van der Waals surface area contributed by atoms with Crippen LogP contribution in [0.4, 0.5) is 10.5 Å². The largest absolute Gasteiger partial charge is 0.481 e. The topological polar surface area (TPSA) is 78.4 Å². The second kappa shape index (κ2) is 12.6. The minimum Gasteiger partial charge on any atom is -0.481 e. The fourth-order valence-electron chi connectivity index (χ4n) is 2.37. The van der Waals surface area contributed by atoms with Crippen LogP contribution in [-0.4, -0.2) is 23.7 Å². The highest BCUT2D eigenvalue weighted by atomic mass is 35.5. The van der Waals surface area contributed by atoms with Gasteiger partial charge in [-0.25, -0.2) is 4.79 Å². The summed E-state index contributed by atoms with van der Waals surface area (Å²) in [6.07, 6.45) is 8.70. The van der Waals surface area contributed by atoms with Crippen molar-refractivity contribution in [3.05, 3.63) is 29.3 Å². The van der Waals surface area contributed by atoms with Gasteiger partial charge in [0.2, 0.25) is 0 Å². The molecule has 6 heteroatoms. The van der Waals surface area contributed by atoms with Crippen LogP contribution in [0, 0.1) is 0 Å². The van der Waals surface area contributed by atoms with E-state index in [2.05, 4.69) is 10.6 Å². The monoisotopic (exact) mass is 354 g/mol. The summed E-state index contributed by atoms with van der Waals surface area (Å²) in [6, 6.07) is 6.80. The molecule has 2 amide bonds. The van der Waals surface area contributed by atoms with E-state index in [1.165, 1.54) is 6.42 Å². The third-order valence-corrected chi connectivity index (χ3v) is 3.96. The van der Waals surface area contributed by atoms with E-state index in [0.29, 0.717) is 11.6 Å². The van der Waals surface area contributed by atoms with Crippen LogP contribution in [0.1, 0.15) is 57.8 Å². The first-order chi connectivity index (χ1) is 11.6. The number of hydrogen-bond donors (Lipinski definition) is 3. The molecule has 1 rings (SSSR count). The normalized spacial score (nSPS) is 10.4. The molecule has 0 fully saturated rings. The van der Waals surface area contributed by atoms with Crippen molar-refractivity contribution in [3.8, 4) is 0 Å². The molecule has 5 nitrogen and oxygen atoms in total. The molecule has 0 atom stereocenters. The lowest BCUT2D eigenvalue weighted by Crippen LogP contribution is -2.29. The van der Waals surface area contributed by atoms with Gasteiger partial charge in [0.15, 0.2) is 0 Å². The summed E-state index contributed by atoms with van der Waals surface area (Å²) < 4.78 is 0. The molecule has 0 aromatic heterocycles. The molecule has 0 spiro atoms. The third kappa shape index (κ3) is 10.9. The number of amides is 2.